The SMILES string of the molecule is COCCSc1nnc(-c2ccncc2)n1-c1ccc(C)cc1. The second kappa shape index (κ2) is 7.39. The second-order valence-electron chi connectivity index (χ2n) is 5.05. The number of aromatic nitrogens is 4. The fourth-order valence-corrected chi connectivity index (χ4v) is 3.05. The van der Waals surface area contributed by atoms with Gasteiger partial charge in [0.15, 0.2) is 11.0 Å². The molecule has 3 aromatic rings. The lowest BCUT2D eigenvalue weighted by Crippen LogP contribution is -2.01. The van der Waals surface area contributed by atoms with Crippen molar-refractivity contribution in [3.63, 3.8) is 0 Å². The summed E-state index contributed by atoms with van der Waals surface area (Å²) in [5.74, 6) is 1.65. The molecule has 0 aliphatic rings. The summed E-state index contributed by atoms with van der Waals surface area (Å²) in [6, 6.07) is 12.2. The molecule has 6 heteroatoms. The van der Waals surface area contributed by atoms with E-state index in [0.29, 0.717) is 6.61 Å². The highest BCUT2D eigenvalue weighted by atomic mass is 32.2. The number of thioether (sulfide) groups is 1. The van der Waals surface area contributed by atoms with Crippen molar-refractivity contribution < 1.29 is 4.74 Å². The summed E-state index contributed by atoms with van der Waals surface area (Å²) in [6.07, 6.45) is 3.53. The van der Waals surface area contributed by atoms with Crippen molar-refractivity contribution >= 4 is 11.8 Å². The van der Waals surface area contributed by atoms with Gasteiger partial charge < -0.3 is 4.74 Å². The van der Waals surface area contributed by atoms with Gasteiger partial charge in [-0.3, -0.25) is 9.55 Å². The standard InChI is InChI=1S/C17H18N4OS/c1-13-3-5-15(6-4-13)21-16(14-7-9-18-10-8-14)19-20-17(21)23-12-11-22-2/h3-10H,11-12H2,1-2H3. The number of ether oxygens (including phenoxy) is 1. The van der Waals surface area contributed by atoms with Crippen molar-refractivity contribution in [2.75, 3.05) is 19.5 Å². The lowest BCUT2D eigenvalue weighted by Gasteiger charge is -2.10. The number of benzene rings is 1. The Balaban J connectivity index is 2.04. The second-order valence-corrected chi connectivity index (χ2v) is 6.12. The van der Waals surface area contributed by atoms with Crippen molar-refractivity contribution in [2.24, 2.45) is 0 Å². The molecule has 5 nitrogen and oxygen atoms in total. The summed E-state index contributed by atoms with van der Waals surface area (Å²) in [4.78, 5) is 4.07. The molecular weight excluding hydrogens is 308 g/mol. The highest BCUT2D eigenvalue weighted by Gasteiger charge is 2.15. The monoisotopic (exact) mass is 326 g/mol. The van der Waals surface area contributed by atoms with Crippen LogP contribution in [0.4, 0.5) is 0 Å². The van der Waals surface area contributed by atoms with E-state index in [2.05, 4.69) is 50.9 Å². The highest BCUT2D eigenvalue weighted by molar-refractivity contribution is 7.99. The molecule has 2 heterocycles. The Hall–Kier alpha value is -2.18. The van der Waals surface area contributed by atoms with Gasteiger partial charge in [0.25, 0.3) is 0 Å². The third-order valence-electron chi connectivity index (χ3n) is 3.38. The Kier molecular flexibility index (Phi) is 5.05. The van der Waals surface area contributed by atoms with Crippen molar-refractivity contribution in [3.8, 4) is 17.1 Å². The predicted molar refractivity (Wildman–Crippen MR) is 91.9 cm³/mol. The van der Waals surface area contributed by atoms with Gasteiger partial charge in [-0.1, -0.05) is 29.5 Å². The fraction of sp³-hybridized carbons (Fsp3) is 0.235. The van der Waals surface area contributed by atoms with E-state index in [9.17, 15) is 0 Å². The molecule has 0 N–H and O–H groups in total. The number of aryl methyl sites for hydroxylation is 1. The topological polar surface area (TPSA) is 52.8 Å². The zero-order chi connectivity index (χ0) is 16.1. The van der Waals surface area contributed by atoms with Crippen LogP contribution in [0.5, 0.6) is 0 Å². The van der Waals surface area contributed by atoms with E-state index in [1.807, 2.05) is 12.1 Å². The first-order valence-corrected chi connectivity index (χ1v) is 8.33. The van der Waals surface area contributed by atoms with Gasteiger partial charge in [-0.05, 0) is 31.2 Å². The van der Waals surface area contributed by atoms with Gasteiger partial charge in [0.05, 0.1) is 6.61 Å². The van der Waals surface area contributed by atoms with Crippen LogP contribution in [-0.2, 0) is 4.74 Å². The summed E-state index contributed by atoms with van der Waals surface area (Å²) in [5.41, 5.74) is 3.26. The quantitative estimate of drug-likeness (QED) is 0.513. The molecule has 0 bridgehead atoms. The molecule has 1 aromatic carbocycles. The van der Waals surface area contributed by atoms with E-state index in [-0.39, 0.29) is 0 Å². The number of pyridine rings is 1. The summed E-state index contributed by atoms with van der Waals surface area (Å²) in [5, 5.41) is 9.61. The average molecular weight is 326 g/mol. The van der Waals surface area contributed by atoms with Crippen LogP contribution in [-0.4, -0.2) is 39.2 Å². The summed E-state index contributed by atoms with van der Waals surface area (Å²) in [7, 11) is 1.70. The van der Waals surface area contributed by atoms with Crippen LogP contribution in [0.3, 0.4) is 0 Å². The molecule has 2 aromatic heterocycles. The van der Waals surface area contributed by atoms with Gasteiger partial charge in [0, 0.05) is 36.5 Å². The smallest absolute Gasteiger partial charge is 0.196 e. The lowest BCUT2D eigenvalue weighted by atomic mass is 10.2. The van der Waals surface area contributed by atoms with E-state index < -0.39 is 0 Å². The molecule has 0 aliphatic carbocycles. The Morgan fingerprint density at radius 3 is 2.48 bits per heavy atom. The van der Waals surface area contributed by atoms with Gasteiger partial charge in [0.2, 0.25) is 0 Å². The highest BCUT2D eigenvalue weighted by Crippen LogP contribution is 2.27. The molecule has 23 heavy (non-hydrogen) atoms. The molecule has 118 valence electrons. The molecule has 0 spiro atoms. The first-order valence-electron chi connectivity index (χ1n) is 7.34. The largest absolute Gasteiger partial charge is 0.384 e. The zero-order valence-electron chi connectivity index (χ0n) is 13.1. The van der Waals surface area contributed by atoms with Crippen molar-refractivity contribution in [1.82, 2.24) is 19.7 Å². The minimum Gasteiger partial charge on any atom is -0.384 e. The maximum atomic E-state index is 5.13. The molecule has 0 amide bonds. The van der Waals surface area contributed by atoms with Crippen LogP contribution in [0.2, 0.25) is 0 Å². The predicted octanol–water partition coefficient (Wildman–Crippen LogP) is 3.38. The molecular formula is C17H18N4OS. The van der Waals surface area contributed by atoms with E-state index in [1.54, 1.807) is 31.3 Å². The maximum absolute atomic E-state index is 5.13. The number of methoxy groups -OCH3 is 1. The summed E-state index contributed by atoms with van der Waals surface area (Å²) in [6.45, 7) is 2.75. The summed E-state index contributed by atoms with van der Waals surface area (Å²) < 4.78 is 7.21. The number of hydrogen-bond donors (Lipinski definition) is 0. The number of rotatable bonds is 6. The molecule has 0 aliphatic heterocycles. The van der Waals surface area contributed by atoms with Crippen LogP contribution in [0.15, 0.2) is 53.9 Å². The van der Waals surface area contributed by atoms with Gasteiger partial charge in [-0.15, -0.1) is 10.2 Å². The molecule has 0 radical (unpaired) electrons. The van der Waals surface area contributed by atoms with Crippen molar-refractivity contribution in [1.29, 1.82) is 0 Å². The maximum Gasteiger partial charge on any atom is 0.196 e. The normalized spacial score (nSPS) is 10.9. The minimum absolute atomic E-state index is 0.677. The first kappa shape index (κ1) is 15.7. The zero-order valence-corrected chi connectivity index (χ0v) is 14.0. The van der Waals surface area contributed by atoms with E-state index in [0.717, 1.165) is 28.0 Å². The Morgan fingerprint density at radius 2 is 1.78 bits per heavy atom. The van der Waals surface area contributed by atoms with Crippen molar-refractivity contribution in [2.45, 2.75) is 12.1 Å². The van der Waals surface area contributed by atoms with Crippen molar-refractivity contribution in [3.05, 3.63) is 54.4 Å². The van der Waals surface area contributed by atoms with Gasteiger partial charge in [0.1, 0.15) is 0 Å². The third-order valence-corrected chi connectivity index (χ3v) is 4.28. The van der Waals surface area contributed by atoms with Crippen LogP contribution in [0.25, 0.3) is 17.1 Å². The fourth-order valence-electron chi connectivity index (χ4n) is 2.19. The Bertz CT molecular complexity index is 756. The number of nitrogens with zero attached hydrogens (tertiary/aromatic N) is 4. The van der Waals surface area contributed by atoms with E-state index in [4.69, 9.17) is 4.74 Å². The summed E-state index contributed by atoms with van der Waals surface area (Å²) >= 11 is 1.63. The van der Waals surface area contributed by atoms with Crippen LogP contribution >= 0.6 is 11.8 Å². The molecule has 0 atom stereocenters. The molecule has 0 fully saturated rings. The van der Waals surface area contributed by atoms with Gasteiger partial charge >= 0.3 is 0 Å². The van der Waals surface area contributed by atoms with Gasteiger partial charge in [-0.25, -0.2) is 0 Å². The first-order chi connectivity index (χ1) is 11.3. The molecule has 0 saturated carbocycles. The van der Waals surface area contributed by atoms with E-state index >= 15 is 0 Å². The van der Waals surface area contributed by atoms with Crippen LogP contribution in [0, 0.1) is 6.92 Å². The Morgan fingerprint density at radius 1 is 1.04 bits per heavy atom. The average Bonchev–Trinajstić information content (AvgIpc) is 3.00. The molecule has 0 unspecified atom stereocenters. The van der Waals surface area contributed by atoms with E-state index in [1.165, 1.54) is 5.56 Å². The lowest BCUT2D eigenvalue weighted by molar-refractivity contribution is 0.218. The van der Waals surface area contributed by atoms with Crippen LogP contribution in [0.1, 0.15) is 5.56 Å². The minimum atomic E-state index is 0.677. The molecule has 3 rings (SSSR count). The van der Waals surface area contributed by atoms with Gasteiger partial charge in [-0.2, -0.15) is 0 Å². The third kappa shape index (κ3) is 3.60. The molecule has 0 saturated heterocycles. The number of hydrogen-bond acceptors (Lipinski definition) is 5. The van der Waals surface area contributed by atoms with Crippen LogP contribution < -0.4 is 0 Å². The Labute approximate surface area is 139 Å².